The molecule has 0 bridgehead atoms. The van der Waals surface area contributed by atoms with Gasteiger partial charge in [-0.05, 0) is 35.4 Å². The maximum absolute atomic E-state index is 12.3. The predicted octanol–water partition coefficient (Wildman–Crippen LogP) is 3.88. The Morgan fingerprint density at radius 2 is 1.71 bits per heavy atom. The largest absolute Gasteiger partial charge is 0.411 e. The van der Waals surface area contributed by atoms with Crippen LogP contribution in [-0.4, -0.2) is 28.2 Å². The fourth-order valence-corrected chi connectivity index (χ4v) is 2.52. The van der Waals surface area contributed by atoms with E-state index in [-0.39, 0.29) is 12.5 Å². The van der Waals surface area contributed by atoms with E-state index < -0.39 is 12.8 Å². The van der Waals surface area contributed by atoms with Gasteiger partial charge in [-0.25, -0.2) is 4.98 Å². The van der Waals surface area contributed by atoms with Gasteiger partial charge in [-0.2, -0.15) is 13.2 Å². The van der Waals surface area contributed by atoms with Gasteiger partial charge in [0.25, 0.3) is 5.91 Å². The van der Waals surface area contributed by atoms with E-state index in [2.05, 4.69) is 15.0 Å². The standard InChI is InChI=1S/C20H18F3N3O2/c21-20(22,23)13-28-12-16-3-1-15(2-4-16)11-25-19(27)17-5-7-18(8-6-17)26-10-9-24-14-26/h1-10,14H,11-13H2,(H,25,27). The molecule has 1 amide bonds. The number of imidazole rings is 1. The molecular formula is C20H18F3N3O2. The van der Waals surface area contributed by atoms with Gasteiger partial charge in [0.2, 0.25) is 0 Å². The van der Waals surface area contributed by atoms with Crippen molar-refractivity contribution in [3.63, 3.8) is 0 Å². The number of alkyl halides is 3. The lowest BCUT2D eigenvalue weighted by atomic mass is 10.1. The highest BCUT2D eigenvalue weighted by molar-refractivity contribution is 5.94. The number of halogens is 3. The van der Waals surface area contributed by atoms with Gasteiger partial charge in [0.15, 0.2) is 0 Å². The molecule has 0 aliphatic heterocycles. The summed E-state index contributed by atoms with van der Waals surface area (Å²) >= 11 is 0. The summed E-state index contributed by atoms with van der Waals surface area (Å²) in [4.78, 5) is 16.2. The molecule has 0 saturated carbocycles. The van der Waals surface area contributed by atoms with Crippen molar-refractivity contribution < 1.29 is 22.7 Å². The molecule has 1 heterocycles. The predicted molar refractivity (Wildman–Crippen MR) is 96.9 cm³/mol. The van der Waals surface area contributed by atoms with Crippen molar-refractivity contribution in [2.24, 2.45) is 0 Å². The number of benzene rings is 2. The summed E-state index contributed by atoms with van der Waals surface area (Å²) in [6.07, 6.45) is 0.829. The average molecular weight is 389 g/mol. The summed E-state index contributed by atoms with van der Waals surface area (Å²) in [6.45, 7) is -1.08. The van der Waals surface area contributed by atoms with Crippen LogP contribution in [0.15, 0.2) is 67.3 Å². The highest BCUT2D eigenvalue weighted by Gasteiger charge is 2.27. The van der Waals surface area contributed by atoms with Gasteiger partial charge >= 0.3 is 6.18 Å². The minimum atomic E-state index is -4.33. The lowest BCUT2D eigenvalue weighted by Gasteiger charge is -2.09. The number of hydrogen-bond donors (Lipinski definition) is 1. The maximum Gasteiger partial charge on any atom is 0.411 e. The second kappa shape index (κ2) is 8.71. The topological polar surface area (TPSA) is 56.1 Å². The van der Waals surface area contributed by atoms with Crippen LogP contribution in [0.3, 0.4) is 0 Å². The Kier molecular flexibility index (Phi) is 6.10. The molecule has 0 aliphatic carbocycles. The summed E-state index contributed by atoms with van der Waals surface area (Å²) in [5.74, 6) is -0.213. The first kappa shape index (κ1) is 19.6. The monoisotopic (exact) mass is 389 g/mol. The molecule has 0 radical (unpaired) electrons. The Morgan fingerprint density at radius 1 is 1.04 bits per heavy atom. The Morgan fingerprint density at radius 3 is 2.32 bits per heavy atom. The first-order valence-corrected chi connectivity index (χ1v) is 8.50. The molecular weight excluding hydrogens is 371 g/mol. The van der Waals surface area contributed by atoms with E-state index in [1.165, 1.54) is 0 Å². The second-order valence-corrected chi connectivity index (χ2v) is 6.12. The molecule has 146 valence electrons. The molecule has 5 nitrogen and oxygen atoms in total. The van der Waals surface area contributed by atoms with E-state index in [9.17, 15) is 18.0 Å². The van der Waals surface area contributed by atoms with E-state index in [1.807, 2.05) is 22.9 Å². The number of nitrogens with one attached hydrogen (secondary N) is 1. The van der Waals surface area contributed by atoms with Gasteiger partial charge in [0, 0.05) is 30.2 Å². The van der Waals surface area contributed by atoms with Gasteiger partial charge in [-0.3, -0.25) is 4.79 Å². The normalized spacial score (nSPS) is 11.4. The molecule has 1 aromatic heterocycles. The smallest absolute Gasteiger partial charge is 0.367 e. The molecule has 0 unspecified atom stereocenters. The van der Waals surface area contributed by atoms with Crippen LogP contribution in [0.2, 0.25) is 0 Å². The molecule has 28 heavy (non-hydrogen) atoms. The average Bonchev–Trinajstić information content (AvgIpc) is 3.21. The number of nitrogens with zero attached hydrogens (tertiary/aromatic N) is 2. The van der Waals surface area contributed by atoms with Crippen LogP contribution in [0.1, 0.15) is 21.5 Å². The summed E-state index contributed by atoms with van der Waals surface area (Å²) in [5.41, 5.74) is 2.90. The zero-order chi connectivity index (χ0) is 20.0. The molecule has 0 atom stereocenters. The van der Waals surface area contributed by atoms with Crippen LogP contribution in [0.4, 0.5) is 13.2 Å². The van der Waals surface area contributed by atoms with E-state index in [1.54, 1.807) is 48.9 Å². The Bertz CT molecular complexity index is 890. The fourth-order valence-electron chi connectivity index (χ4n) is 2.52. The quantitative estimate of drug-likeness (QED) is 0.667. The van der Waals surface area contributed by atoms with Crippen molar-refractivity contribution in [2.45, 2.75) is 19.3 Å². The Hall–Kier alpha value is -3.13. The van der Waals surface area contributed by atoms with Gasteiger partial charge in [-0.1, -0.05) is 24.3 Å². The Labute approximate surface area is 159 Å². The summed E-state index contributed by atoms with van der Waals surface area (Å²) < 4.78 is 42.6. The van der Waals surface area contributed by atoms with Gasteiger partial charge in [-0.15, -0.1) is 0 Å². The van der Waals surface area contributed by atoms with E-state index in [0.29, 0.717) is 17.7 Å². The summed E-state index contributed by atoms with van der Waals surface area (Å²) in [5, 5.41) is 2.81. The van der Waals surface area contributed by atoms with Crippen molar-refractivity contribution >= 4 is 5.91 Å². The second-order valence-electron chi connectivity index (χ2n) is 6.12. The number of carbonyl (C=O) groups is 1. The third-order valence-corrected chi connectivity index (χ3v) is 3.94. The van der Waals surface area contributed by atoms with Crippen molar-refractivity contribution in [2.75, 3.05) is 6.61 Å². The van der Waals surface area contributed by atoms with Gasteiger partial charge < -0.3 is 14.6 Å². The van der Waals surface area contributed by atoms with Crippen molar-refractivity contribution in [3.05, 3.63) is 83.9 Å². The molecule has 3 aromatic rings. The van der Waals surface area contributed by atoms with Crippen molar-refractivity contribution in [1.29, 1.82) is 0 Å². The fraction of sp³-hybridized carbons (Fsp3) is 0.200. The van der Waals surface area contributed by atoms with Crippen LogP contribution in [0.25, 0.3) is 5.69 Å². The number of rotatable bonds is 7. The minimum absolute atomic E-state index is 0.116. The molecule has 1 N–H and O–H groups in total. The molecule has 0 saturated heterocycles. The van der Waals surface area contributed by atoms with E-state index in [0.717, 1.165) is 11.3 Å². The number of aromatic nitrogens is 2. The highest BCUT2D eigenvalue weighted by Crippen LogP contribution is 2.16. The van der Waals surface area contributed by atoms with Gasteiger partial charge in [0.05, 0.1) is 12.9 Å². The first-order valence-electron chi connectivity index (χ1n) is 8.50. The SMILES string of the molecule is O=C(NCc1ccc(COCC(F)(F)F)cc1)c1ccc(-n2ccnc2)cc1. The molecule has 0 fully saturated rings. The number of ether oxygens (including phenoxy) is 1. The van der Waals surface area contributed by atoms with Crippen LogP contribution in [0.5, 0.6) is 0 Å². The molecule has 3 rings (SSSR count). The minimum Gasteiger partial charge on any atom is -0.367 e. The summed E-state index contributed by atoms with van der Waals surface area (Å²) in [6, 6.07) is 14.0. The van der Waals surface area contributed by atoms with Crippen LogP contribution in [0, 0.1) is 0 Å². The number of hydrogen-bond acceptors (Lipinski definition) is 3. The molecule has 0 aliphatic rings. The van der Waals surface area contributed by atoms with Crippen LogP contribution >= 0.6 is 0 Å². The van der Waals surface area contributed by atoms with E-state index >= 15 is 0 Å². The zero-order valence-corrected chi connectivity index (χ0v) is 14.8. The lowest BCUT2D eigenvalue weighted by Crippen LogP contribution is -2.22. The number of amides is 1. The molecule has 8 heteroatoms. The van der Waals surface area contributed by atoms with Gasteiger partial charge in [0.1, 0.15) is 6.61 Å². The lowest BCUT2D eigenvalue weighted by molar-refractivity contribution is -0.176. The zero-order valence-electron chi connectivity index (χ0n) is 14.8. The maximum atomic E-state index is 12.3. The highest BCUT2D eigenvalue weighted by atomic mass is 19.4. The number of carbonyl (C=O) groups excluding carboxylic acids is 1. The van der Waals surface area contributed by atoms with Crippen molar-refractivity contribution in [3.8, 4) is 5.69 Å². The van der Waals surface area contributed by atoms with Crippen molar-refractivity contribution in [1.82, 2.24) is 14.9 Å². The van der Waals surface area contributed by atoms with Crippen LogP contribution in [-0.2, 0) is 17.9 Å². The molecule has 2 aromatic carbocycles. The first-order chi connectivity index (χ1) is 13.4. The molecule has 0 spiro atoms. The third kappa shape index (κ3) is 5.68. The third-order valence-electron chi connectivity index (χ3n) is 3.94. The van der Waals surface area contributed by atoms with E-state index in [4.69, 9.17) is 0 Å². The summed E-state index contributed by atoms with van der Waals surface area (Å²) in [7, 11) is 0. The van der Waals surface area contributed by atoms with Crippen LogP contribution < -0.4 is 5.32 Å². The Balaban J connectivity index is 1.49.